The Balaban J connectivity index is 1.51. The molecule has 0 aliphatic carbocycles. The van der Waals surface area contributed by atoms with Crippen LogP contribution in [-0.4, -0.2) is 0 Å². The predicted octanol–water partition coefficient (Wildman–Crippen LogP) is 10.1. The first-order chi connectivity index (χ1) is 17.7. The summed E-state index contributed by atoms with van der Waals surface area (Å²) in [6, 6.07) is 34.7. The van der Waals surface area contributed by atoms with Gasteiger partial charge in [0.1, 0.15) is 22.3 Å². The van der Waals surface area contributed by atoms with Crippen LogP contribution in [0.2, 0.25) is 0 Å². The number of para-hydroxylation sites is 1. The third-order valence-electron chi connectivity index (χ3n) is 7.61. The summed E-state index contributed by atoms with van der Waals surface area (Å²) in [7, 11) is 0. The molecule has 0 aliphatic heterocycles. The topological polar surface area (TPSA) is 26.3 Å². The van der Waals surface area contributed by atoms with Crippen molar-refractivity contribution in [2.24, 2.45) is 0 Å². The maximum atomic E-state index is 6.58. The average molecular weight is 463 g/mol. The van der Waals surface area contributed by atoms with Gasteiger partial charge in [0.2, 0.25) is 0 Å². The molecule has 0 bridgehead atoms. The number of benzene rings is 6. The molecular weight excluding hydrogens is 440 g/mol. The molecule has 0 N–H and O–H groups in total. The Morgan fingerprint density at radius 3 is 2.28 bits per heavy atom. The number of hydrogen-bond donors (Lipinski definition) is 0. The van der Waals surface area contributed by atoms with Crippen LogP contribution in [0.1, 0.15) is 11.1 Å². The Labute approximate surface area is 207 Å². The average Bonchev–Trinajstić information content (AvgIpc) is 3.47. The van der Waals surface area contributed by atoms with Crippen molar-refractivity contribution < 1.29 is 8.83 Å². The van der Waals surface area contributed by atoms with Crippen LogP contribution in [-0.2, 0) is 0 Å². The molecule has 2 heterocycles. The maximum absolute atomic E-state index is 6.58. The summed E-state index contributed by atoms with van der Waals surface area (Å²) >= 11 is 0. The van der Waals surface area contributed by atoms with Crippen molar-refractivity contribution in [3.63, 3.8) is 0 Å². The zero-order chi connectivity index (χ0) is 24.0. The van der Waals surface area contributed by atoms with E-state index < -0.39 is 0 Å². The molecule has 0 atom stereocenters. The van der Waals surface area contributed by atoms with E-state index in [-0.39, 0.29) is 0 Å². The number of rotatable bonds is 1. The van der Waals surface area contributed by atoms with Crippen molar-refractivity contribution in [1.29, 1.82) is 0 Å². The molecule has 2 aromatic heterocycles. The van der Waals surface area contributed by atoms with E-state index in [0.717, 1.165) is 49.8 Å². The number of aryl methyl sites for hydroxylation is 2. The molecule has 0 saturated heterocycles. The largest absolute Gasteiger partial charge is 0.456 e. The minimum atomic E-state index is 0.923. The lowest BCUT2D eigenvalue weighted by molar-refractivity contribution is 0.666. The highest BCUT2D eigenvalue weighted by atomic mass is 16.3. The van der Waals surface area contributed by atoms with E-state index in [1.165, 1.54) is 37.9 Å². The van der Waals surface area contributed by atoms with Gasteiger partial charge in [-0.05, 0) is 76.3 Å². The van der Waals surface area contributed by atoms with Crippen LogP contribution < -0.4 is 0 Å². The van der Waals surface area contributed by atoms with Gasteiger partial charge < -0.3 is 8.83 Å². The van der Waals surface area contributed by atoms with Crippen LogP contribution in [0.5, 0.6) is 0 Å². The SMILES string of the molecule is Cc1ccc2c(c1)oc1c(-c3ccc4ccc5oc6c(C)cccc6c5c4c3)cc3ccccc3c12. The highest BCUT2D eigenvalue weighted by Gasteiger charge is 2.18. The molecule has 6 aromatic carbocycles. The van der Waals surface area contributed by atoms with Gasteiger partial charge >= 0.3 is 0 Å². The fourth-order valence-corrected chi connectivity index (χ4v) is 5.87. The summed E-state index contributed by atoms with van der Waals surface area (Å²) in [4.78, 5) is 0. The van der Waals surface area contributed by atoms with E-state index in [2.05, 4.69) is 111 Å². The minimum absolute atomic E-state index is 0.923. The monoisotopic (exact) mass is 462 g/mol. The van der Waals surface area contributed by atoms with E-state index in [1.54, 1.807) is 0 Å². The normalized spacial score (nSPS) is 12.2. The van der Waals surface area contributed by atoms with E-state index in [9.17, 15) is 0 Å². The molecule has 2 heteroatoms. The summed E-state index contributed by atoms with van der Waals surface area (Å²) < 4.78 is 12.9. The maximum Gasteiger partial charge on any atom is 0.143 e. The third kappa shape index (κ3) is 2.61. The number of fused-ring (bicyclic) bond motifs is 10. The van der Waals surface area contributed by atoms with Crippen LogP contribution in [0.25, 0.3) is 76.5 Å². The smallest absolute Gasteiger partial charge is 0.143 e. The molecule has 0 radical (unpaired) electrons. The molecule has 8 aromatic rings. The fraction of sp³-hybridized carbons (Fsp3) is 0.0588. The van der Waals surface area contributed by atoms with Crippen LogP contribution in [0.4, 0.5) is 0 Å². The first kappa shape index (κ1) is 19.7. The highest BCUT2D eigenvalue weighted by molar-refractivity contribution is 6.24. The first-order valence-corrected chi connectivity index (χ1v) is 12.4. The Morgan fingerprint density at radius 2 is 1.33 bits per heavy atom. The zero-order valence-electron chi connectivity index (χ0n) is 20.1. The van der Waals surface area contributed by atoms with Crippen LogP contribution >= 0.6 is 0 Å². The summed E-state index contributed by atoms with van der Waals surface area (Å²) in [5.74, 6) is 0. The molecule has 0 spiro atoms. The predicted molar refractivity (Wildman–Crippen MR) is 151 cm³/mol. The number of furan rings is 2. The highest BCUT2D eigenvalue weighted by Crippen LogP contribution is 2.43. The van der Waals surface area contributed by atoms with Crippen molar-refractivity contribution >= 4 is 65.4 Å². The van der Waals surface area contributed by atoms with Gasteiger partial charge in [-0.25, -0.2) is 0 Å². The lowest BCUT2D eigenvalue weighted by Gasteiger charge is -2.09. The van der Waals surface area contributed by atoms with Gasteiger partial charge in [-0.3, -0.25) is 0 Å². The van der Waals surface area contributed by atoms with Gasteiger partial charge in [-0.15, -0.1) is 0 Å². The molecular formula is C34H22O2. The van der Waals surface area contributed by atoms with Crippen LogP contribution in [0, 0.1) is 13.8 Å². The lowest BCUT2D eigenvalue weighted by Crippen LogP contribution is -1.84. The van der Waals surface area contributed by atoms with Gasteiger partial charge in [0.25, 0.3) is 0 Å². The van der Waals surface area contributed by atoms with E-state index in [4.69, 9.17) is 8.83 Å². The Kier molecular flexibility index (Phi) is 3.83. The van der Waals surface area contributed by atoms with Gasteiger partial charge in [-0.1, -0.05) is 72.8 Å². The van der Waals surface area contributed by atoms with Gasteiger partial charge in [0.05, 0.1) is 0 Å². The summed E-state index contributed by atoms with van der Waals surface area (Å²) in [5.41, 5.74) is 8.36. The molecule has 8 rings (SSSR count). The molecule has 0 saturated carbocycles. The summed E-state index contributed by atoms with van der Waals surface area (Å²) in [6.07, 6.45) is 0. The van der Waals surface area contributed by atoms with Crippen LogP contribution in [0.15, 0.2) is 106 Å². The summed E-state index contributed by atoms with van der Waals surface area (Å²) in [6.45, 7) is 4.21. The van der Waals surface area contributed by atoms with Crippen molar-refractivity contribution in [3.8, 4) is 11.1 Å². The second-order valence-corrected chi connectivity index (χ2v) is 9.88. The van der Waals surface area contributed by atoms with Gasteiger partial charge in [0, 0.05) is 27.1 Å². The quantitative estimate of drug-likeness (QED) is 0.242. The summed E-state index contributed by atoms with van der Waals surface area (Å²) in [5, 5.41) is 9.51. The van der Waals surface area contributed by atoms with E-state index in [1.807, 2.05) is 0 Å². The molecule has 0 unspecified atom stereocenters. The van der Waals surface area contributed by atoms with E-state index >= 15 is 0 Å². The van der Waals surface area contributed by atoms with Crippen molar-refractivity contribution in [2.75, 3.05) is 0 Å². The molecule has 0 fully saturated rings. The second-order valence-electron chi connectivity index (χ2n) is 9.88. The lowest BCUT2D eigenvalue weighted by atomic mass is 9.94. The van der Waals surface area contributed by atoms with Crippen molar-refractivity contribution in [2.45, 2.75) is 13.8 Å². The molecule has 170 valence electrons. The molecule has 2 nitrogen and oxygen atoms in total. The molecule has 0 amide bonds. The van der Waals surface area contributed by atoms with Gasteiger partial charge in [-0.2, -0.15) is 0 Å². The standard InChI is InChI=1S/C34H22O2/c1-19-10-14-25-30(16-19)36-34-28(18-22-7-3-4-8-24(22)32(25)34)23-12-11-21-13-15-29-31(27(21)17-23)26-9-5-6-20(2)33(26)35-29/h3-18H,1-2H3. The van der Waals surface area contributed by atoms with Crippen molar-refractivity contribution in [3.05, 3.63) is 108 Å². The van der Waals surface area contributed by atoms with Crippen LogP contribution in [0.3, 0.4) is 0 Å². The third-order valence-corrected chi connectivity index (χ3v) is 7.61. The fourth-order valence-electron chi connectivity index (χ4n) is 5.87. The second kappa shape index (κ2) is 6.99. The van der Waals surface area contributed by atoms with Crippen molar-refractivity contribution in [1.82, 2.24) is 0 Å². The molecule has 0 aliphatic rings. The molecule has 36 heavy (non-hydrogen) atoms. The Hall–Kier alpha value is -4.56. The Bertz CT molecular complexity index is 2170. The number of hydrogen-bond acceptors (Lipinski definition) is 2. The van der Waals surface area contributed by atoms with E-state index in [0.29, 0.717) is 0 Å². The van der Waals surface area contributed by atoms with Gasteiger partial charge in [0.15, 0.2) is 0 Å². The first-order valence-electron chi connectivity index (χ1n) is 12.4. The zero-order valence-corrected chi connectivity index (χ0v) is 20.1. The minimum Gasteiger partial charge on any atom is -0.456 e. The Morgan fingerprint density at radius 1 is 0.500 bits per heavy atom.